The number of rotatable bonds is 5. The second-order valence-electron chi connectivity index (χ2n) is 3.31. The minimum Gasteiger partial charge on any atom is -0.396 e. The zero-order valence-electron chi connectivity index (χ0n) is 9.62. The first-order chi connectivity index (χ1) is 8.35. The summed E-state index contributed by atoms with van der Waals surface area (Å²) < 4.78 is 36.9. The van der Waals surface area contributed by atoms with Crippen molar-refractivity contribution >= 4 is 23.4 Å². The van der Waals surface area contributed by atoms with Crippen LogP contribution in [-0.4, -0.2) is 33.5 Å². The van der Waals surface area contributed by atoms with Gasteiger partial charge in [0.25, 0.3) is 5.91 Å². The van der Waals surface area contributed by atoms with Gasteiger partial charge in [0.15, 0.2) is 0 Å². The maximum Gasteiger partial charge on any atom is 0.441 e. The predicted molar refractivity (Wildman–Crippen MR) is 63.2 cm³/mol. The van der Waals surface area contributed by atoms with Crippen molar-refractivity contribution in [3.05, 3.63) is 11.9 Å². The number of nitrogens with zero attached hydrogens (tertiary/aromatic N) is 2. The van der Waals surface area contributed by atoms with Gasteiger partial charge in [0.2, 0.25) is 0 Å². The van der Waals surface area contributed by atoms with Gasteiger partial charge in [0.1, 0.15) is 5.69 Å². The van der Waals surface area contributed by atoms with Crippen molar-refractivity contribution in [1.29, 1.82) is 0 Å². The summed E-state index contributed by atoms with van der Waals surface area (Å²) in [6, 6.07) is 0. The molecule has 0 spiro atoms. The Morgan fingerprint density at radius 3 is 2.83 bits per heavy atom. The van der Waals surface area contributed by atoms with E-state index in [1.807, 2.05) is 0 Å². The number of nitrogens with two attached hydrogens (primary N) is 1. The van der Waals surface area contributed by atoms with Crippen molar-refractivity contribution in [3.8, 4) is 0 Å². The number of thioether (sulfide) groups is 1. The maximum absolute atomic E-state index is 11.9. The fraction of sp³-hybridized carbons (Fsp3) is 0.556. The molecule has 1 heterocycles. The van der Waals surface area contributed by atoms with Crippen LogP contribution in [0.4, 0.5) is 18.9 Å². The Bertz CT molecular complexity index is 418. The van der Waals surface area contributed by atoms with E-state index in [0.717, 1.165) is 0 Å². The molecule has 0 bridgehead atoms. The molecule has 0 aliphatic carbocycles. The molecule has 3 N–H and O–H groups in total. The van der Waals surface area contributed by atoms with E-state index in [4.69, 9.17) is 5.73 Å². The van der Waals surface area contributed by atoms with Crippen molar-refractivity contribution in [2.45, 2.75) is 19.0 Å². The summed E-state index contributed by atoms with van der Waals surface area (Å²) in [5, 5.41) is 6.24. The molecule has 0 atom stereocenters. The van der Waals surface area contributed by atoms with Crippen LogP contribution in [0.2, 0.25) is 0 Å². The van der Waals surface area contributed by atoms with E-state index >= 15 is 0 Å². The largest absolute Gasteiger partial charge is 0.441 e. The SMILES string of the molecule is CCn1ncc(N)c1C(=O)NCCSC(F)(F)F. The van der Waals surface area contributed by atoms with Crippen molar-refractivity contribution in [2.75, 3.05) is 18.0 Å². The fourth-order valence-corrected chi connectivity index (χ4v) is 1.74. The number of carbonyl (C=O) groups is 1. The van der Waals surface area contributed by atoms with Crippen molar-refractivity contribution in [3.63, 3.8) is 0 Å². The lowest BCUT2D eigenvalue weighted by atomic mass is 10.3. The monoisotopic (exact) mass is 282 g/mol. The molecule has 0 radical (unpaired) electrons. The lowest BCUT2D eigenvalue weighted by Gasteiger charge is -2.08. The number of aryl methyl sites for hydroxylation is 1. The highest BCUT2D eigenvalue weighted by atomic mass is 32.2. The molecule has 5 nitrogen and oxygen atoms in total. The molecule has 0 aliphatic heterocycles. The summed E-state index contributed by atoms with van der Waals surface area (Å²) in [5.74, 6) is -0.760. The summed E-state index contributed by atoms with van der Waals surface area (Å²) in [6.45, 7) is 2.15. The van der Waals surface area contributed by atoms with Crippen molar-refractivity contribution in [1.82, 2.24) is 15.1 Å². The molecule has 0 unspecified atom stereocenters. The van der Waals surface area contributed by atoms with E-state index in [1.54, 1.807) is 6.92 Å². The molecule has 18 heavy (non-hydrogen) atoms. The van der Waals surface area contributed by atoms with Crippen molar-refractivity contribution < 1.29 is 18.0 Å². The molecule has 1 rings (SSSR count). The minimum atomic E-state index is -4.28. The molecular formula is C9H13F3N4OS. The number of alkyl halides is 3. The smallest absolute Gasteiger partial charge is 0.396 e. The maximum atomic E-state index is 11.9. The van der Waals surface area contributed by atoms with Gasteiger partial charge in [-0.3, -0.25) is 9.48 Å². The van der Waals surface area contributed by atoms with Crippen LogP contribution in [-0.2, 0) is 6.54 Å². The Morgan fingerprint density at radius 1 is 1.61 bits per heavy atom. The average molecular weight is 282 g/mol. The van der Waals surface area contributed by atoms with Crippen LogP contribution >= 0.6 is 11.8 Å². The number of nitrogen functional groups attached to an aromatic ring is 1. The third-order valence-electron chi connectivity index (χ3n) is 2.04. The third-order valence-corrected chi connectivity index (χ3v) is 2.77. The predicted octanol–water partition coefficient (Wildman–Crippen LogP) is 1.47. The number of aromatic nitrogens is 2. The molecule has 0 saturated carbocycles. The van der Waals surface area contributed by atoms with E-state index in [1.165, 1.54) is 10.9 Å². The number of carbonyl (C=O) groups excluding carboxylic acids is 1. The van der Waals surface area contributed by atoms with Gasteiger partial charge in [0, 0.05) is 18.8 Å². The number of anilines is 1. The van der Waals surface area contributed by atoms with Gasteiger partial charge in [-0.1, -0.05) is 0 Å². The van der Waals surface area contributed by atoms with Gasteiger partial charge in [-0.25, -0.2) is 0 Å². The van der Waals surface area contributed by atoms with E-state index < -0.39 is 11.4 Å². The lowest BCUT2D eigenvalue weighted by molar-refractivity contribution is -0.0327. The van der Waals surface area contributed by atoms with Gasteiger partial charge in [-0.15, -0.1) is 0 Å². The van der Waals surface area contributed by atoms with E-state index in [-0.39, 0.29) is 35.4 Å². The minimum absolute atomic E-state index is 0.0860. The zero-order valence-corrected chi connectivity index (χ0v) is 10.4. The first kappa shape index (κ1) is 14.7. The molecule has 9 heteroatoms. The van der Waals surface area contributed by atoms with Gasteiger partial charge in [-0.2, -0.15) is 18.3 Å². The number of amides is 1. The normalized spacial score (nSPS) is 11.6. The molecular weight excluding hydrogens is 269 g/mol. The standard InChI is InChI=1S/C9H13F3N4OS/c1-2-16-7(6(13)5-15-16)8(17)14-3-4-18-9(10,11)12/h5H,2-4,13H2,1H3,(H,14,17). The van der Waals surface area contributed by atoms with Crippen LogP contribution in [0.25, 0.3) is 0 Å². The van der Waals surface area contributed by atoms with Crippen LogP contribution in [0.15, 0.2) is 6.20 Å². The fourth-order valence-electron chi connectivity index (χ4n) is 1.30. The van der Waals surface area contributed by atoms with Gasteiger partial charge in [-0.05, 0) is 18.7 Å². The highest BCUT2D eigenvalue weighted by molar-refractivity contribution is 8.00. The highest BCUT2D eigenvalue weighted by Crippen LogP contribution is 2.29. The van der Waals surface area contributed by atoms with E-state index in [2.05, 4.69) is 10.4 Å². The molecule has 102 valence electrons. The first-order valence-electron chi connectivity index (χ1n) is 5.15. The van der Waals surface area contributed by atoms with Crippen LogP contribution in [0, 0.1) is 0 Å². The highest BCUT2D eigenvalue weighted by Gasteiger charge is 2.27. The molecule has 0 fully saturated rings. The summed E-state index contributed by atoms with van der Waals surface area (Å²) in [5.41, 5.74) is 1.66. The second kappa shape index (κ2) is 5.98. The number of halogens is 3. The van der Waals surface area contributed by atoms with Gasteiger partial charge >= 0.3 is 5.51 Å². The third kappa shape index (κ3) is 4.13. The van der Waals surface area contributed by atoms with E-state index in [9.17, 15) is 18.0 Å². The van der Waals surface area contributed by atoms with Crippen LogP contribution < -0.4 is 11.1 Å². The van der Waals surface area contributed by atoms with E-state index in [0.29, 0.717) is 6.54 Å². The van der Waals surface area contributed by atoms with Crippen molar-refractivity contribution in [2.24, 2.45) is 0 Å². The summed E-state index contributed by atoms with van der Waals surface area (Å²) in [4.78, 5) is 11.7. The number of hydrogen-bond acceptors (Lipinski definition) is 4. The Labute approximate surface area is 106 Å². The number of hydrogen-bond donors (Lipinski definition) is 2. The van der Waals surface area contributed by atoms with Gasteiger partial charge < -0.3 is 11.1 Å². The summed E-state index contributed by atoms with van der Waals surface area (Å²) in [7, 11) is 0. The molecule has 1 amide bonds. The Morgan fingerprint density at radius 2 is 2.28 bits per heavy atom. The average Bonchev–Trinajstić information content (AvgIpc) is 2.64. The van der Waals surface area contributed by atoms with Crippen LogP contribution in [0.3, 0.4) is 0 Å². The zero-order chi connectivity index (χ0) is 13.8. The molecule has 0 aliphatic rings. The molecule has 1 aromatic heterocycles. The first-order valence-corrected chi connectivity index (χ1v) is 6.14. The second-order valence-corrected chi connectivity index (χ2v) is 4.47. The molecule has 0 aromatic carbocycles. The molecule has 0 saturated heterocycles. The summed E-state index contributed by atoms with van der Waals surface area (Å²) >= 11 is -0.181. The number of nitrogens with one attached hydrogen (secondary N) is 1. The quantitative estimate of drug-likeness (QED) is 0.802. The Kier molecular flexibility index (Phi) is 4.88. The summed E-state index contributed by atoms with van der Waals surface area (Å²) in [6.07, 6.45) is 1.34. The van der Waals surface area contributed by atoms with Gasteiger partial charge in [0.05, 0.1) is 11.9 Å². The lowest BCUT2D eigenvalue weighted by Crippen LogP contribution is -2.29. The van der Waals surface area contributed by atoms with Crippen LogP contribution in [0.5, 0.6) is 0 Å². The topological polar surface area (TPSA) is 72.9 Å². The molecule has 1 aromatic rings. The Hall–Kier alpha value is -1.38. The van der Waals surface area contributed by atoms with Crippen LogP contribution in [0.1, 0.15) is 17.4 Å². The Balaban J connectivity index is 2.48.